The van der Waals surface area contributed by atoms with E-state index in [4.69, 9.17) is 0 Å². The summed E-state index contributed by atoms with van der Waals surface area (Å²) >= 11 is 0. The number of carbonyl (C=O) groups is 2. The number of rotatable bonds is 5. The van der Waals surface area contributed by atoms with Gasteiger partial charge < -0.3 is 10.3 Å². The van der Waals surface area contributed by atoms with E-state index in [1.54, 1.807) is 0 Å². The molecular formula is C17H22N2O2. The predicted molar refractivity (Wildman–Crippen MR) is 84.2 cm³/mol. The summed E-state index contributed by atoms with van der Waals surface area (Å²) in [5, 5.41) is 3.91. The lowest BCUT2D eigenvalue weighted by Gasteiger charge is -2.25. The Labute approximate surface area is 124 Å². The van der Waals surface area contributed by atoms with Crippen molar-refractivity contribution in [3.63, 3.8) is 0 Å². The molecular weight excluding hydrogens is 264 g/mol. The Balaban J connectivity index is 2.39. The van der Waals surface area contributed by atoms with Gasteiger partial charge >= 0.3 is 0 Å². The summed E-state index contributed by atoms with van der Waals surface area (Å²) in [6.07, 6.45) is 1.93. The first-order valence-electron chi connectivity index (χ1n) is 7.28. The van der Waals surface area contributed by atoms with Gasteiger partial charge in [0.2, 0.25) is 5.91 Å². The summed E-state index contributed by atoms with van der Waals surface area (Å²) < 4.78 is 0. The van der Waals surface area contributed by atoms with E-state index in [1.165, 1.54) is 6.92 Å². The van der Waals surface area contributed by atoms with Crippen molar-refractivity contribution in [1.29, 1.82) is 0 Å². The number of Topliss-reactive ketones (excluding diaryl/α,β-unsaturated/α-hetero) is 1. The molecule has 4 heteroatoms. The first-order chi connectivity index (χ1) is 9.91. The number of aromatic nitrogens is 1. The minimum atomic E-state index is -0.498. The fourth-order valence-electron chi connectivity index (χ4n) is 2.67. The second-order valence-corrected chi connectivity index (χ2v) is 5.81. The van der Waals surface area contributed by atoms with Crippen LogP contribution in [-0.2, 0) is 9.59 Å². The molecule has 1 aromatic heterocycles. The van der Waals surface area contributed by atoms with Crippen LogP contribution in [0.2, 0.25) is 0 Å². The number of hydrogen-bond donors (Lipinski definition) is 2. The third-order valence-electron chi connectivity index (χ3n) is 3.85. The Morgan fingerprint density at radius 2 is 1.81 bits per heavy atom. The Bertz CT molecular complexity index is 658. The Morgan fingerprint density at radius 1 is 1.14 bits per heavy atom. The van der Waals surface area contributed by atoms with Gasteiger partial charge in [0.25, 0.3) is 0 Å². The van der Waals surface area contributed by atoms with E-state index in [1.807, 2.05) is 51.2 Å². The molecule has 1 unspecified atom stereocenters. The molecule has 2 rings (SSSR count). The fraction of sp³-hybridized carbons (Fsp3) is 0.412. The molecule has 21 heavy (non-hydrogen) atoms. The standard InChI is InChI=1S/C17H22N2O2/c1-10(2)17(21)16(19-12(4)20)11(3)14-9-18-15-8-6-5-7-13(14)15/h5-11,16,18H,1-4H3,(H,19,20)/t11?,16-/m1/s1. The van der Waals surface area contributed by atoms with Crippen molar-refractivity contribution in [3.8, 4) is 0 Å². The maximum absolute atomic E-state index is 12.4. The number of ketones is 1. The van der Waals surface area contributed by atoms with Crippen LogP contribution >= 0.6 is 0 Å². The molecule has 0 radical (unpaired) electrons. The van der Waals surface area contributed by atoms with Gasteiger partial charge in [0, 0.05) is 35.9 Å². The molecule has 0 aliphatic heterocycles. The molecule has 2 N–H and O–H groups in total. The Kier molecular flexibility index (Phi) is 4.46. The zero-order valence-corrected chi connectivity index (χ0v) is 12.9. The van der Waals surface area contributed by atoms with Crippen LogP contribution in [0.15, 0.2) is 30.5 Å². The van der Waals surface area contributed by atoms with Crippen molar-refractivity contribution < 1.29 is 9.59 Å². The smallest absolute Gasteiger partial charge is 0.217 e. The molecule has 0 saturated heterocycles. The van der Waals surface area contributed by atoms with Crippen LogP contribution in [-0.4, -0.2) is 22.7 Å². The van der Waals surface area contributed by atoms with Crippen LogP contribution in [0.5, 0.6) is 0 Å². The van der Waals surface area contributed by atoms with Crippen molar-refractivity contribution >= 4 is 22.6 Å². The highest BCUT2D eigenvalue weighted by Crippen LogP contribution is 2.28. The summed E-state index contributed by atoms with van der Waals surface area (Å²) in [6, 6.07) is 7.48. The van der Waals surface area contributed by atoms with Gasteiger partial charge in [-0.3, -0.25) is 9.59 Å². The predicted octanol–water partition coefficient (Wildman–Crippen LogP) is 3.00. The summed E-state index contributed by atoms with van der Waals surface area (Å²) in [5.74, 6) is -0.321. The number of para-hydroxylation sites is 1. The van der Waals surface area contributed by atoms with Crippen molar-refractivity contribution in [1.82, 2.24) is 10.3 Å². The molecule has 1 aromatic carbocycles. The third-order valence-corrected chi connectivity index (χ3v) is 3.85. The third kappa shape index (κ3) is 3.15. The number of H-pyrrole nitrogens is 1. The van der Waals surface area contributed by atoms with Crippen LogP contribution in [0.1, 0.15) is 39.2 Å². The van der Waals surface area contributed by atoms with Crippen LogP contribution in [0.4, 0.5) is 0 Å². The minimum Gasteiger partial charge on any atom is -0.361 e. The highest BCUT2D eigenvalue weighted by Gasteiger charge is 2.29. The van der Waals surface area contributed by atoms with Crippen molar-refractivity contribution in [2.75, 3.05) is 0 Å². The number of fused-ring (bicyclic) bond motifs is 1. The van der Waals surface area contributed by atoms with Crippen LogP contribution in [0.3, 0.4) is 0 Å². The lowest BCUT2D eigenvalue weighted by molar-refractivity contribution is -0.129. The minimum absolute atomic E-state index is 0.0583. The van der Waals surface area contributed by atoms with Crippen LogP contribution < -0.4 is 5.32 Å². The molecule has 1 amide bonds. The Morgan fingerprint density at radius 3 is 2.43 bits per heavy atom. The monoisotopic (exact) mass is 286 g/mol. The molecule has 2 atom stereocenters. The molecule has 0 saturated carbocycles. The molecule has 1 heterocycles. The van der Waals surface area contributed by atoms with Gasteiger partial charge in [-0.2, -0.15) is 0 Å². The Hall–Kier alpha value is -2.10. The van der Waals surface area contributed by atoms with Gasteiger partial charge in [-0.15, -0.1) is 0 Å². The summed E-state index contributed by atoms with van der Waals surface area (Å²) in [6.45, 7) is 7.15. The van der Waals surface area contributed by atoms with Crippen molar-refractivity contribution in [2.24, 2.45) is 5.92 Å². The van der Waals surface area contributed by atoms with Crippen molar-refractivity contribution in [2.45, 2.75) is 39.7 Å². The molecule has 0 fully saturated rings. The van der Waals surface area contributed by atoms with Crippen LogP contribution in [0, 0.1) is 5.92 Å². The second kappa shape index (κ2) is 6.12. The van der Waals surface area contributed by atoms with E-state index in [0.29, 0.717) is 0 Å². The first kappa shape index (κ1) is 15.3. The topological polar surface area (TPSA) is 62.0 Å². The molecule has 112 valence electrons. The maximum Gasteiger partial charge on any atom is 0.217 e. The van der Waals surface area contributed by atoms with Gasteiger partial charge in [0.1, 0.15) is 0 Å². The number of benzene rings is 1. The molecule has 2 aromatic rings. The van der Waals surface area contributed by atoms with Crippen LogP contribution in [0.25, 0.3) is 10.9 Å². The van der Waals surface area contributed by atoms with Gasteiger partial charge in [-0.25, -0.2) is 0 Å². The molecule has 0 spiro atoms. The SMILES string of the molecule is CC(=O)N[C@@H](C(=O)C(C)C)C(C)c1c[nH]c2ccccc12. The van der Waals surface area contributed by atoms with Gasteiger partial charge in [-0.1, -0.05) is 39.0 Å². The number of aromatic amines is 1. The molecule has 4 nitrogen and oxygen atoms in total. The zero-order chi connectivity index (χ0) is 15.6. The van der Waals surface area contributed by atoms with Gasteiger partial charge in [0.05, 0.1) is 6.04 Å². The fourth-order valence-corrected chi connectivity index (χ4v) is 2.67. The lowest BCUT2D eigenvalue weighted by Crippen LogP contribution is -2.45. The normalized spacial score (nSPS) is 14.1. The quantitative estimate of drug-likeness (QED) is 0.887. The molecule has 0 bridgehead atoms. The molecule has 0 aliphatic rings. The number of amides is 1. The largest absolute Gasteiger partial charge is 0.361 e. The first-order valence-corrected chi connectivity index (χ1v) is 7.28. The summed E-state index contributed by atoms with van der Waals surface area (Å²) in [7, 11) is 0. The average Bonchev–Trinajstić information content (AvgIpc) is 2.87. The van der Waals surface area contributed by atoms with E-state index in [9.17, 15) is 9.59 Å². The van der Waals surface area contributed by atoms with E-state index < -0.39 is 6.04 Å². The maximum atomic E-state index is 12.4. The average molecular weight is 286 g/mol. The number of hydrogen-bond acceptors (Lipinski definition) is 2. The van der Waals surface area contributed by atoms with E-state index in [0.717, 1.165) is 16.5 Å². The van der Waals surface area contributed by atoms with E-state index >= 15 is 0 Å². The van der Waals surface area contributed by atoms with E-state index in [2.05, 4.69) is 10.3 Å². The lowest BCUT2D eigenvalue weighted by atomic mass is 9.86. The number of nitrogens with one attached hydrogen (secondary N) is 2. The summed E-state index contributed by atoms with van der Waals surface area (Å²) in [4.78, 5) is 27.1. The van der Waals surface area contributed by atoms with Crippen molar-refractivity contribution in [3.05, 3.63) is 36.0 Å². The van der Waals surface area contributed by atoms with Gasteiger partial charge in [0.15, 0.2) is 5.78 Å². The van der Waals surface area contributed by atoms with E-state index in [-0.39, 0.29) is 23.5 Å². The number of carbonyl (C=O) groups excluding carboxylic acids is 2. The highest BCUT2D eigenvalue weighted by atomic mass is 16.2. The van der Waals surface area contributed by atoms with Gasteiger partial charge in [-0.05, 0) is 11.6 Å². The second-order valence-electron chi connectivity index (χ2n) is 5.81. The highest BCUT2D eigenvalue weighted by molar-refractivity contribution is 5.92. The summed E-state index contributed by atoms with van der Waals surface area (Å²) in [5.41, 5.74) is 2.09. The molecule has 0 aliphatic carbocycles. The zero-order valence-electron chi connectivity index (χ0n) is 12.9.